The Bertz CT molecular complexity index is 1490. The van der Waals surface area contributed by atoms with Gasteiger partial charge in [0, 0.05) is 12.6 Å². The highest BCUT2D eigenvalue weighted by atomic mass is 79.9. The molecule has 1 amide bonds. The van der Waals surface area contributed by atoms with Crippen LogP contribution in [0.25, 0.3) is 31.8 Å². The zero-order chi connectivity index (χ0) is 21.5. The van der Waals surface area contributed by atoms with E-state index in [0.717, 1.165) is 20.8 Å². The predicted molar refractivity (Wildman–Crippen MR) is 124 cm³/mol. The SMILES string of the molecule is Cn1nc(Br)c2c(=O)n(CC(=O)Nc3ccccc3-c3nc4ccccc4s3)cnc21. The maximum Gasteiger partial charge on any atom is 0.266 e. The van der Waals surface area contributed by atoms with Gasteiger partial charge in [-0.25, -0.2) is 14.6 Å². The largest absolute Gasteiger partial charge is 0.324 e. The quantitative estimate of drug-likeness (QED) is 0.409. The number of amides is 1. The lowest BCUT2D eigenvalue weighted by Crippen LogP contribution is -2.28. The van der Waals surface area contributed by atoms with Gasteiger partial charge in [-0.1, -0.05) is 24.3 Å². The average Bonchev–Trinajstić information content (AvgIpc) is 3.31. The number of rotatable bonds is 4. The maximum absolute atomic E-state index is 12.8. The van der Waals surface area contributed by atoms with Crippen molar-refractivity contribution in [3.05, 3.63) is 69.8 Å². The Labute approximate surface area is 188 Å². The second-order valence-corrected chi connectivity index (χ2v) is 8.65. The molecule has 0 aliphatic rings. The third-order valence-corrected chi connectivity index (χ3v) is 6.43. The van der Waals surface area contributed by atoms with E-state index in [1.54, 1.807) is 18.4 Å². The van der Waals surface area contributed by atoms with Crippen molar-refractivity contribution in [1.29, 1.82) is 0 Å². The number of carbonyl (C=O) groups is 1. The molecule has 0 bridgehead atoms. The molecule has 0 aliphatic heterocycles. The average molecular weight is 495 g/mol. The van der Waals surface area contributed by atoms with Crippen molar-refractivity contribution in [3.8, 4) is 10.6 Å². The topological polar surface area (TPSA) is 94.7 Å². The molecule has 1 N–H and O–H groups in total. The Kier molecular flexibility index (Phi) is 4.87. The molecular formula is C21H15BrN6O2S. The van der Waals surface area contributed by atoms with Crippen LogP contribution in [-0.4, -0.2) is 30.2 Å². The van der Waals surface area contributed by atoms with Gasteiger partial charge in [-0.05, 0) is 40.2 Å². The molecule has 2 aromatic carbocycles. The van der Waals surface area contributed by atoms with Crippen LogP contribution < -0.4 is 10.9 Å². The monoisotopic (exact) mass is 494 g/mol. The highest BCUT2D eigenvalue weighted by Crippen LogP contribution is 2.34. The Hall–Kier alpha value is -3.37. The van der Waals surface area contributed by atoms with Crippen LogP contribution in [-0.2, 0) is 18.4 Å². The summed E-state index contributed by atoms with van der Waals surface area (Å²) in [6, 6.07) is 15.4. The van der Waals surface area contributed by atoms with Crippen LogP contribution in [0.1, 0.15) is 0 Å². The van der Waals surface area contributed by atoms with E-state index in [2.05, 4.69) is 36.3 Å². The maximum atomic E-state index is 12.8. The minimum Gasteiger partial charge on any atom is -0.324 e. The van der Waals surface area contributed by atoms with E-state index in [0.29, 0.717) is 21.3 Å². The van der Waals surface area contributed by atoms with Gasteiger partial charge in [0.2, 0.25) is 5.91 Å². The summed E-state index contributed by atoms with van der Waals surface area (Å²) in [6.45, 7) is -0.169. The number of nitrogens with zero attached hydrogens (tertiary/aromatic N) is 5. The molecule has 0 radical (unpaired) electrons. The minimum atomic E-state index is -0.336. The highest BCUT2D eigenvalue weighted by Gasteiger charge is 2.16. The smallest absolute Gasteiger partial charge is 0.266 e. The summed E-state index contributed by atoms with van der Waals surface area (Å²) in [5.74, 6) is -0.336. The number of hydrogen-bond acceptors (Lipinski definition) is 6. The van der Waals surface area contributed by atoms with Crippen LogP contribution in [0, 0.1) is 0 Å². The molecule has 0 fully saturated rings. The number of hydrogen-bond donors (Lipinski definition) is 1. The van der Waals surface area contributed by atoms with Gasteiger partial charge < -0.3 is 5.32 Å². The number of halogens is 1. The molecule has 0 saturated heterocycles. The lowest BCUT2D eigenvalue weighted by Gasteiger charge is -2.10. The summed E-state index contributed by atoms with van der Waals surface area (Å²) in [6.07, 6.45) is 1.36. The molecule has 10 heteroatoms. The first-order chi connectivity index (χ1) is 15.0. The Morgan fingerprint density at radius 3 is 2.77 bits per heavy atom. The van der Waals surface area contributed by atoms with Gasteiger partial charge in [0.1, 0.15) is 27.9 Å². The van der Waals surface area contributed by atoms with Gasteiger partial charge in [-0.15, -0.1) is 11.3 Å². The van der Waals surface area contributed by atoms with Crippen molar-refractivity contribution in [3.63, 3.8) is 0 Å². The molecular weight excluding hydrogens is 480 g/mol. The molecule has 3 heterocycles. The number of carbonyl (C=O) groups excluding carboxylic acids is 1. The number of aromatic nitrogens is 5. The van der Waals surface area contributed by atoms with Gasteiger partial charge in [0.15, 0.2) is 5.65 Å². The van der Waals surface area contributed by atoms with Crippen LogP contribution in [0.5, 0.6) is 0 Å². The van der Waals surface area contributed by atoms with E-state index in [9.17, 15) is 9.59 Å². The normalized spacial score (nSPS) is 11.3. The zero-order valence-corrected chi connectivity index (χ0v) is 18.6. The van der Waals surface area contributed by atoms with Crippen LogP contribution >= 0.6 is 27.3 Å². The molecule has 0 unspecified atom stereocenters. The predicted octanol–water partition coefficient (Wildman–Crippen LogP) is 3.81. The van der Waals surface area contributed by atoms with Gasteiger partial charge in [0.05, 0.1) is 15.9 Å². The lowest BCUT2D eigenvalue weighted by molar-refractivity contribution is -0.116. The second-order valence-electron chi connectivity index (χ2n) is 6.87. The molecule has 31 heavy (non-hydrogen) atoms. The van der Waals surface area contributed by atoms with Gasteiger partial charge >= 0.3 is 0 Å². The van der Waals surface area contributed by atoms with Crippen LogP contribution in [0.2, 0.25) is 0 Å². The van der Waals surface area contributed by atoms with Crippen LogP contribution in [0.15, 0.2) is 64.3 Å². The summed E-state index contributed by atoms with van der Waals surface area (Å²) in [5, 5.41) is 8.21. The minimum absolute atomic E-state index is 0.169. The fourth-order valence-electron chi connectivity index (χ4n) is 3.36. The number of anilines is 1. The van der Waals surface area contributed by atoms with E-state index in [1.807, 2.05) is 48.5 Å². The number of thiazole rings is 1. The summed E-state index contributed by atoms with van der Waals surface area (Å²) in [7, 11) is 1.70. The number of fused-ring (bicyclic) bond motifs is 2. The van der Waals surface area contributed by atoms with Crippen molar-refractivity contribution in [1.82, 2.24) is 24.3 Å². The number of benzene rings is 2. The van der Waals surface area contributed by atoms with E-state index in [-0.39, 0.29) is 18.0 Å². The van der Waals surface area contributed by atoms with E-state index < -0.39 is 0 Å². The van der Waals surface area contributed by atoms with Crippen LogP contribution in [0.4, 0.5) is 5.69 Å². The van der Waals surface area contributed by atoms with Crippen molar-refractivity contribution in [2.24, 2.45) is 7.05 Å². The van der Waals surface area contributed by atoms with E-state index in [4.69, 9.17) is 0 Å². The molecule has 3 aromatic heterocycles. The standard InChI is InChI=1S/C21H15BrN6O2S/c1-27-19-17(18(22)26-27)21(30)28(11-23-19)10-16(29)24-13-7-3-2-6-12(13)20-25-14-8-4-5-9-15(14)31-20/h2-9,11H,10H2,1H3,(H,24,29). The Morgan fingerprint density at radius 2 is 1.94 bits per heavy atom. The first-order valence-corrected chi connectivity index (χ1v) is 10.9. The summed E-state index contributed by atoms with van der Waals surface area (Å²) < 4.78 is 4.26. The summed E-state index contributed by atoms with van der Waals surface area (Å²) in [4.78, 5) is 34.5. The fourth-order valence-corrected chi connectivity index (χ4v) is 4.95. The Balaban J connectivity index is 1.44. The van der Waals surface area contributed by atoms with Crippen molar-refractivity contribution in [2.75, 3.05) is 5.32 Å². The molecule has 0 aliphatic carbocycles. The molecule has 0 atom stereocenters. The molecule has 8 nitrogen and oxygen atoms in total. The number of nitrogens with one attached hydrogen (secondary N) is 1. The highest BCUT2D eigenvalue weighted by molar-refractivity contribution is 9.10. The van der Waals surface area contributed by atoms with Crippen molar-refractivity contribution < 1.29 is 4.79 Å². The molecule has 0 spiro atoms. The third kappa shape index (κ3) is 3.53. The lowest BCUT2D eigenvalue weighted by atomic mass is 10.2. The van der Waals surface area contributed by atoms with E-state index in [1.165, 1.54) is 15.6 Å². The Morgan fingerprint density at radius 1 is 1.16 bits per heavy atom. The van der Waals surface area contributed by atoms with Crippen LogP contribution in [0.3, 0.4) is 0 Å². The second kappa shape index (κ2) is 7.71. The van der Waals surface area contributed by atoms with Gasteiger partial charge in [-0.3, -0.25) is 14.2 Å². The summed E-state index contributed by atoms with van der Waals surface area (Å²) >= 11 is 4.84. The molecule has 154 valence electrons. The molecule has 5 rings (SSSR count). The van der Waals surface area contributed by atoms with Crippen molar-refractivity contribution >= 4 is 60.1 Å². The van der Waals surface area contributed by atoms with Gasteiger partial charge in [-0.2, -0.15) is 5.10 Å². The van der Waals surface area contributed by atoms with E-state index >= 15 is 0 Å². The molecule has 0 saturated carbocycles. The van der Waals surface area contributed by atoms with Gasteiger partial charge in [0.25, 0.3) is 5.56 Å². The third-order valence-electron chi connectivity index (χ3n) is 4.81. The first-order valence-electron chi connectivity index (χ1n) is 9.34. The summed E-state index contributed by atoms with van der Waals surface area (Å²) in [5.41, 5.74) is 2.50. The fraction of sp³-hybridized carbons (Fsp3) is 0.0952. The number of aryl methyl sites for hydroxylation is 1. The molecule has 5 aromatic rings. The van der Waals surface area contributed by atoms with Crippen molar-refractivity contribution in [2.45, 2.75) is 6.54 Å². The first kappa shape index (κ1) is 19.6. The zero-order valence-electron chi connectivity index (χ0n) is 16.2. The number of para-hydroxylation sites is 2.